The molecule has 1 fully saturated rings. The molecule has 150 valence electrons. The summed E-state index contributed by atoms with van der Waals surface area (Å²) in [6.07, 6.45) is -4.87. The number of para-hydroxylation sites is 2. The first-order valence-corrected chi connectivity index (χ1v) is 8.71. The third-order valence-corrected chi connectivity index (χ3v) is 4.45. The van der Waals surface area contributed by atoms with E-state index in [1.54, 1.807) is 29.2 Å². The van der Waals surface area contributed by atoms with Crippen LogP contribution >= 0.6 is 0 Å². The summed E-state index contributed by atoms with van der Waals surface area (Å²) < 4.78 is 54.5. The third kappa shape index (κ3) is 4.75. The van der Waals surface area contributed by atoms with Crippen LogP contribution in [-0.4, -0.2) is 44.2 Å². The predicted octanol–water partition coefficient (Wildman–Crippen LogP) is 3.69. The Morgan fingerprint density at radius 3 is 2.46 bits per heavy atom. The van der Waals surface area contributed by atoms with Crippen LogP contribution in [0.15, 0.2) is 48.5 Å². The largest absolute Gasteiger partial charge is 0.493 e. The van der Waals surface area contributed by atoms with Crippen LogP contribution in [0.3, 0.4) is 0 Å². The Hall–Kier alpha value is -2.74. The molecule has 1 atom stereocenters. The predicted molar refractivity (Wildman–Crippen MR) is 95.2 cm³/mol. The summed E-state index contributed by atoms with van der Waals surface area (Å²) in [5.74, 6) is 0.761. The molecule has 1 aliphatic heterocycles. The van der Waals surface area contributed by atoms with Gasteiger partial charge in [0, 0.05) is 6.54 Å². The number of carbonyl (C=O) groups is 1. The molecule has 2 aromatic carbocycles. The van der Waals surface area contributed by atoms with Gasteiger partial charge in [-0.05, 0) is 29.8 Å². The van der Waals surface area contributed by atoms with E-state index < -0.39 is 17.8 Å². The summed E-state index contributed by atoms with van der Waals surface area (Å²) in [6.45, 7) is 0.775. The highest BCUT2D eigenvalue weighted by atomic mass is 19.4. The van der Waals surface area contributed by atoms with Crippen molar-refractivity contribution >= 4 is 5.91 Å². The summed E-state index contributed by atoms with van der Waals surface area (Å²) in [5, 5.41) is 0. The van der Waals surface area contributed by atoms with Gasteiger partial charge in [0.05, 0.1) is 25.8 Å². The summed E-state index contributed by atoms with van der Waals surface area (Å²) in [6, 6.07) is 11.8. The van der Waals surface area contributed by atoms with E-state index in [2.05, 4.69) is 0 Å². The van der Waals surface area contributed by atoms with Crippen LogP contribution in [0, 0.1) is 0 Å². The fraction of sp³-hybridized carbons (Fsp3) is 0.350. The summed E-state index contributed by atoms with van der Waals surface area (Å²) >= 11 is 0. The fourth-order valence-corrected chi connectivity index (χ4v) is 2.93. The molecule has 1 aliphatic rings. The monoisotopic (exact) mass is 395 g/mol. The van der Waals surface area contributed by atoms with E-state index in [1.165, 1.54) is 19.2 Å². The minimum absolute atomic E-state index is 0.167. The lowest BCUT2D eigenvalue weighted by Crippen LogP contribution is -2.44. The smallest absolute Gasteiger partial charge is 0.416 e. The van der Waals surface area contributed by atoms with E-state index in [4.69, 9.17) is 14.2 Å². The van der Waals surface area contributed by atoms with Gasteiger partial charge < -0.3 is 19.1 Å². The molecular weight excluding hydrogens is 375 g/mol. The number of ether oxygens (including phenoxy) is 3. The summed E-state index contributed by atoms with van der Waals surface area (Å²) in [7, 11) is 1.51. The molecule has 0 N–H and O–H groups in total. The lowest BCUT2D eigenvalue weighted by molar-refractivity contribution is -0.141. The van der Waals surface area contributed by atoms with Gasteiger partial charge in [0.1, 0.15) is 6.10 Å². The summed E-state index contributed by atoms with van der Waals surface area (Å²) in [5.41, 5.74) is -0.124. The van der Waals surface area contributed by atoms with Crippen LogP contribution in [0.4, 0.5) is 13.2 Å². The zero-order valence-corrected chi connectivity index (χ0v) is 15.2. The number of methoxy groups -OCH3 is 1. The van der Waals surface area contributed by atoms with E-state index in [-0.39, 0.29) is 19.1 Å². The van der Waals surface area contributed by atoms with Gasteiger partial charge in [-0.25, -0.2) is 0 Å². The molecule has 5 nitrogen and oxygen atoms in total. The van der Waals surface area contributed by atoms with Crippen LogP contribution in [0.25, 0.3) is 0 Å². The van der Waals surface area contributed by atoms with Crippen molar-refractivity contribution in [2.75, 3.05) is 33.4 Å². The molecule has 2 aromatic rings. The van der Waals surface area contributed by atoms with Crippen molar-refractivity contribution in [2.45, 2.75) is 12.3 Å². The van der Waals surface area contributed by atoms with E-state index in [0.717, 1.165) is 12.1 Å². The van der Waals surface area contributed by atoms with Crippen molar-refractivity contribution in [3.63, 3.8) is 0 Å². The molecule has 1 amide bonds. The molecule has 1 unspecified atom stereocenters. The van der Waals surface area contributed by atoms with Crippen LogP contribution < -0.4 is 9.47 Å². The van der Waals surface area contributed by atoms with Gasteiger partial charge in [-0.2, -0.15) is 13.2 Å². The minimum atomic E-state index is -4.39. The molecule has 8 heteroatoms. The number of alkyl halides is 3. The number of benzene rings is 2. The van der Waals surface area contributed by atoms with Crippen LogP contribution in [0.5, 0.6) is 11.5 Å². The molecule has 0 aromatic heterocycles. The number of morpholine rings is 1. The highest BCUT2D eigenvalue weighted by Gasteiger charge is 2.31. The Morgan fingerprint density at radius 2 is 1.82 bits per heavy atom. The first-order chi connectivity index (χ1) is 13.4. The van der Waals surface area contributed by atoms with Gasteiger partial charge in [0.2, 0.25) is 0 Å². The van der Waals surface area contributed by atoms with Gasteiger partial charge in [0.15, 0.2) is 18.1 Å². The normalized spacial score (nSPS) is 17.3. The Balaban J connectivity index is 1.60. The number of hydrogen-bond acceptors (Lipinski definition) is 4. The summed E-state index contributed by atoms with van der Waals surface area (Å²) in [4.78, 5) is 14.1. The SMILES string of the molecule is COc1ccccc1OCC(=O)N1CCOC(c2ccc(C(F)(F)F)cc2)C1. The van der Waals surface area contributed by atoms with Crippen LogP contribution in [0.2, 0.25) is 0 Å². The topological polar surface area (TPSA) is 48.0 Å². The van der Waals surface area contributed by atoms with Crippen molar-refractivity contribution in [1.29, 1.82) is 0 Å². The van der Waals surface area contributed by atoms with Crippen molar-refractivity contribution < 1.29 is 32.2 Å². The molecule has 0 bridgehead atoms. The van der Waals surface area contributed by atoms with Gasteiger partial charge >= 0.3 is 6.18 Å². The number of hydrogen-bond donors (Lipinski definition) is 0. The van der Waals surface area contributed by atoms with Gasteiger partial charge in [-0.15, -0.1) is 0 Å². The maximum Gasteiger partial charge on any atom is 0.416 e. The van der Waals surface area contributed by atoms with Crippen molar-refractivity contribution in [3.8, 4) is 11.5 Å². The molecule has 1 saturated heterocycles. The minimum Gasteiger partial charge on any atom is -0.493 e. The van der Waals surface area contributed by atoms with E-state index >= 15 is 0 Å². The van der Waals surface area contributed by atoms with E-state index in [9.17, 15) is 18.0 Å². The van der Waals surface area contributed by atoms with E-state index in [0.29, 0.717) is 30.2 Å². The Morgan fingerprint density at radius 1 is 1.14 bits per heavy atom. The second-order valence-corrected chi connectivity index (χ2v) is 6.26. The van der Waals surface area contributed by atoms with Crippen LogP contribution in [-0.2, 0) is 15.7 Å². The van der Waals surface area contributed by atoms with Gasteiger partial charge in [-0.1, -0.05) is 24.3 Å². The van der Waals surface area contributed by atoms with Crippen molar-refractivity contribution in [2.24, 2.45) is 0 Å². The number of carbonyl (C=O) groups excluding carboxylic acids is 1. The second kappa shape index (κ2) is 8.52. The maximum absolute atomic E-state index is 12.7. The average Bonchev–Trinajstić information content (AvgIpc) is 2.71. The zero-order valence-electron chi connectivity index (χ0n) is 15.2. The third-order valence-electron chi connectivity index (χ3n) is 4.45. The lowest BCUT2D eigenvalue weighted by Gasteiger charge is -2.33. The Labute approximate surface area is 160 Å². The Bertz CT molecular complexity index is 808. The fourth-order valence-electron chi connectivity index (χ4n) is 2.93. The zero-order chi connectivity index (χ0) is 20.1. The molecule has 28 heavy (non-hydrogen) atoms. The number of rotatable bonds is 5. The molecule has 0 aliphatic carbocycles. The molecular formula is C20H20F3NO4. The number of halogens is 3. The first-order valence-electron chi connectivity index (χ1n) is 8.71. The molecule has 0 saturated carbocycles. The van der Waals surface area contributed by atoms with Crippen LogP contribution in [0.1, 0.15) is 17.2 Å². The number of amides is 1. The molecule has 1 heterocycles. The quantitative estimate of drug-likeness (QED) is 0.775. The van der Waals surface area contributed by atoms with E-state index in [1.807, 2.05) is 0 Å². The molecule has 3 rings (SSSR count). The molecule has 0 spiro atoms. The number of nitrogens with zero attached hydrogens (tertiary/aromatic N) is 1. The Kier molecular flexibility index (Phi) is 6.08. The average molecular weight is 395 g/mol. The maximum atomic E-state index is 12.7. The second-order valence-electron chi connectivity index (χ2n) is 6.26. The standard InChI is InChI=1S/C20H20F3NO4/c1-26-16-4-2-3-5-17(16)28-13-19(25)24-10-11-27-18(12-24)14-6-8-15(9-7-14)20(21,22)23/h2-9,18H,10-13H2,1H3. The highest BCUT2D eigenvalue weighted by Crippen LogP contribution is 2.31. The van der Waals surface area contributed by atoms with Crippen molar-refractivity contribution in [3.05, 3.63) is 59.7 Å². The van der Waals surface area contributed by atoms with Crippen molar-refractivity contribution in [1.82, 2.24) is 4.90 Å². The molecule has 0 radical (unpaired) electrons. The van der Waals surface area contributed by atoms with Gasteiger partial charge in [-0.3, -0.25) is 4.79 Å². The first kappa shape index (κ1) is 20.0. The highest BCUT2D eigenvalue weighted by molar-refractivity contribution is 5.78. The lowest BCUT2D eigenvalue weighted by atomic mass is 10.1. The van der Waals surface area contributed by atoms with Gasteiger partial charge in [0.25, 0.3) is 5.91 Å².